The van der Waals surface area contributed by atoms with Gasteiger partial charge in [0.2, 0.25) is 11.6 Å². The lowest BCUT2D eigenvalue weighted by molar-refractivity contribution is -0.383. The summed E-state index contributed by atoms with van der Waals surface area (Å²) >= 11 is 0. The number of anilines is 3. The van der Waals surface area contributed by atoms with Gasteiger partial charge in [0.05, 0.1) is 19.1 Å². The van der Waals surface area contributed by atoms with Crippen LogP contribution in [0.2, 0.25) is 0 Å². The molecule has 0 saturated carbocycles. The van der Waals surface area contributed by atoms with E-state index in [1.165, 1.54) is 30.6 Å². The van der Waals surface area contributed by atoms with Crippen molar-refractivity contribution < 1.29 is 18.8 Å². The van der Waals surface area contributed by atoms with E-state index in [1.807, 2.05) is 12.1 Å². The van der Waals surface area contributed by atoms with Crippen molar-refractivity contribution in [1.29, 1.82) is 0 Å². The smallest absolute Gasteiger partial charge is 0.353 e. The molecule has 0 aliphatic carbocycles. The number of hydrogen-bond donors (Lipinski definition) is 2. The monoisotopic (exact) mass is 413 g/mol. The van der Waals surface area contributed by atoms with Crippen LogP contribution in [0.3, 0.4) is 0 Å². The average molecular weight is 413 g/mol. The van der Waals surface area contributed by atoms with Crippen molar-refractivity contribution >= 4 is 23.0 Å². The number of aromatic nitrogens is 2. The summed E-state index contributed by atoms with van der Waals surface area (Å²) in [6.45, 7) is 0.392. The molecule has 0 aliphatic heterocycles. The van der Waals surface area contributed by atoms with Gasteiger partial charge in [-0.05, 0) is 48.4 Å². The number of ether oxygens (including phenoxy) is 2. The zero-order valence-electron chi connectivity index (χ0n) is 16.4. The van der Waals surface area contributed by atoms with Crippen LogP contribution in [0.5, 0.6) is 11.5 Å². The van der Waals surface area contributed by atoms with E-state index in [9.17, 15) is 14.5 Å². The van der Waals surface area contributed by atoms with E-state index in [1.54, 1.807) is 20.3 Å². The number of rotatable bonds is 9. The Kier molecular flexibility index (Phi) is 6.58. The number of benzene rings is 2. The Bertz CT molecular complexity index is 1030. The number of nitro groups is 1. The van der Waals surface area contributed by atoms with Gasteiger partial charge in [0.15, 0.2) is 11.5 Å². The third-order valence-electron chi connectivity index (χ3n) is 4.27. The Morgan fingerprint density at radius 1 is 1.03 bits per heavy atom. The van der Waals surface area contributed by atoms with E-state index < -0.39 is 10.7 Å². The van der Waals surface area contributed by atoms with Crippen molar-refractivity contribution in [1.82, 2.24) is 9.97 Å². The summed E-state index contributed by atoms with van der Waals surface area (Å²) in [4.78, 5) is 19.0. The molecule has 1 aromatic heterocycles. The van der Waals surface area contributed by atoms with Crippen molar-refractivity contribution in [3.05, 3.63) is 70.3 Å². The maximum atomic E-state index is 13.1. The van der Waals surface area contributed by atoms with Crippen LogP contribution in [-0.4, -0.2) is 35.7 Å². The third-order valence-corrected chi connectivity index (χ3v) is 4.27. The molecule has 0 saturated heterocycles. The van der Waals surface area contributed by atoms with Gasteiger partial charge < -0.3 is 20.1 Å². The fourth-order valence-corrected chi connectivity index (χ4v) is 2.80. The lowest BCUT2D eigenvalue weighted by atomic mass is 10.1. The summed E-state index contributed by atoms with van der Waals surface area (Å²) in [6, 6.07) is 11.0. The third kappa shape index (κ3) is 4.90. The molecular formula is C20H20FN5O4. The van der Waals surface area contributed by atoms with Crippen LogP contribution in [0.4, 0.5) is 27.4 Å². The highest BCUT2D eigenvalue weighted by atomic mass is 19.1. The predicted octanol–water partition coefficient (Wildman–Crippen LogP) is 3.94. The normalized spacial score (nSPS) is 10.4. The first kappa shape index (κ1) is 20.8. The van der Waals surface area contributed by atoms with E-state index >= 15 is 0 Å². The summed E-state index contributed by atoms with van der Waals surface area (Å²) in [6.07, 6.45) is 1.79. The molecule has 0 aliphatic rings. The first-order valence-corrected chi connectivity index (χ1v) is 8.98. The highest BCUT2D eigenvalue weighted by Gasteiger charge is 2.23. The predicted molar refractivity (Wildman–Crippen MR) is 110 cm³/mol. The minimum Gasteiger partial charge on any atom is -0.493 e. The number of nitrogens with one attached hydrogen (secondary N) is 2. The van der Waals surface area contributed by atoms with Gasteiger partial charge in [0, 0.05) is 12.2 Å². The molecular weight excluding hydrogens is 393 g/mol. The minimum atomic E-state index is -0.565. The van der Waals surface area contributed by atoms with Crippen molar-refractivity contribution in [3.63, 3.8) is 0 Å². The Labute approximate surface area is 172 Å². The molecule has 10 heteroatoms. The molecule has 0 fully saturated rings. The van der Waals surface area contributed by atoms with Crippen LogP contribution in [0, 0.1) is 15.9 Å². The number of methoxy groups -OCH3 is 2. The molecule has 30 heavy (non-hydrogen) atoms. The van der Waals surface area contributed by atoms with Crippen LogP contribution in [0.1, 0.15) is 5.56 Å². The molecule has 3 aromatic rings. The van der Waals surface area contributed by atoms with Crippen LogP contribution >= 0.6 is 0 Å². The van der Waals surface area contributed by atoms with Gasteiger partial charge in [-0.15, -0.1) is 0 Å². The summed E-state index contributed by atoms with van der Waals surface area (Å²) < 4.78 is 23.6. The molecule has 156 valence electrons. The van der Waals surface area contributed by atoms with E-state index in [2.05, 4.69) is 20.6 Å². The summed E-state index contributed by atoms with van der Waals surface area (Å²) in [5, 5.41) is 17.4. The van der Waals surface area contributed by atoms with Gasteiger partial charge in [0.25, 0.3) is 0 Å². The summed E-state index contributed by atoms with van der Waals surface area (Å²) in [5.41, 5.74) is 1.13. The molecule has 0 radical (unpaired) electrons. The van der Waals surface area contributed by atoms with E-state index in [4.69, 9.17) is 9.47 Å². The molecule has 0 amide bonds. The molecule has 2 aromatic carbocycles. The molecule has 0 bridgehead atoms. The van der Waals surface area contributed by atoms with Crippen LogP contribution < -0.4 is 20.1 Å². The van der Waals surface area contributed by atoms with Gasteiger partial charge in [-0.1, -0.05) is 6.07 Å². The standard InChI is InChI=1S/C20H20FN5O4/c1-29-16-8-3-13(11-17(16)30-2)9-10-22-19-18(26(27)28)20(24-12-23-19)25-15-6-4-14(21)5-7-15/h3-8,11-12H,9-10H2,1-2H3,(H2,22,23,24,25). The van der Waals surface area contributed by atoms with Crippen molar-refractivity contribution in [2.24, 2.45) is 0 Å². The zero-order valence-corrected chi connectivity index (χ0v) is 16.4. The van der Waals surface area contributed by atoms with Gasteiger partial charge in [-0.2, -0.15) is 0 Å². The second kappa shape index (κ2) is 9.50. The van der Waals surface area contributed by atoms with Gasteiger partial charge in [-0.3, -0.25) is 10.1 Å². The molecule has 0 spiro atoms. The van der Waals surface area contributed by atoms with Gasteiger partial charge in [-0.25, -0.2) is 14.4 Å². The first-order chi connectivity index (χ1) is 14.5. The maximum absolute atomic E-state index is 13.1. The molecule has 0 unspecified atom stereocenters. The summed E-state index contributed by atoms with van der Waals surface area (Å²) in [5.74, 6) is 0.913. The van der Waals surface area contributed by atoms with Crippen LogP contribution in [0.25, 0.3) is 0 Å². The second-order valence-corrected chi connectivity index (χ2v) is 6.17. The quantitative estimate of drug-likeness (QED) is 0.401. The fraction of sp³-hybridized carbons (Fsp3) is 0.200. The second-order valence-electron chi connectivity index (χ2n) is 6.17. The van der Waals surface area contributed by atoms with Crippen LogP contribution in [-0.2, 0) is 6.42 Å². The van der Waals surface area contributed by atoms with Crippen molar-refractivity contribution in [2.45, 2.75) is 6.42 Å². The minimum absolute atomic E-state index is 0.00947. The number of nitrogens with zero attached hydrogens (tertiary/aromatic N) is 3. The van der Waals surface area contributed by atoms with E-state index in [-0.39, 0.29) is 17.3 Å². The first-order valence-electron chi connectivity index (χ1n) is 8.98. The van der Waals surface area contributed by atoms with Crippen molar-refractivity contribution in [3.8, 4) is 11.5 Å². The molecule has 1 heterocycles. The van der Waals surface area contributed by atoms with Crippen LogP contribution in [0.15, 0.2) is 48.8 Å². The molecule has 9 nitrogen and oxygen atoms in total. The van der Waals surface area contributed by atoms with Crippen molar-refractivity contribution in [2.75, 3.05) is 31.4 Å². The molecule has 3 rings (SSSR count). The van der Waals surface area contributed by atoms with Gasteiger partial charge >= 0.3 is 5.69 Å². The Hall–Kier alpha value is -3.95. The van der Waals surface area contributed by atoms with E-state index in [0.717, 1.165) is 5.56 Å². The largest absolute Gasteiger partial charge is 0.493 e. The highest BCUT2D eigenvalue weighted by Crippen LogP contribution is 2.31. The highest BCUT2D eigenvalue weighted by molar-refractivity contribution is 5.73. The molecule has 2 N–H and O–H groups in total. The number of hydrogen-bond acceptors (Lipinski definition) is 8. The number of halogens is 1. The average Bonchev–Trinajstić information content (AvgIpc) is 2.75. The lowest BCUT2D eigenvalue weighted by Gasteiger charge is -2.11. The summed E-state index contributed by atoms with van der Waals surface area (Å²) in [7, 11) is 3.12. The Morgan fingerprint density at radius 3 is 2.40 bits per heavy atom. The molecule has 0 atom stereocenters. The maximum Gasteiger partial charge on any atom is 0.353 e. The Balaban J connectivity index is 1.74. The topological polar surface area (TPSA) is 111 Å². The Morgan fingerprint density at radius 2 is 1.73 bits per heavy atom. The fourth-order valence-electron chi connectivity index (χ4n) is 2.80. The SMILES string of the molecule is COc1ccc(CCNc2ncnc(Nc3ccc(F)cc3)c2[N+](=O)[O-])cc1OC. The van der Waals surface area contributed by atoms with Gasteiger partial charge in [0.1, 0.15) is 12.1 Å². The zero-order chi connectivity index (χ0) is 21.5. The lowest BCUT2D eigenvalue weighted by Crippen LogP contribution is -2.11. The van der Waals surface area contributed by atoms with E-state index in [0.29, 0.717) is 30.2 Å².